The lowest BCUT2D eigenvalue weighted by Crippen LogP contribution is -2.15. The van der Waals surface area contributed by atoms with E-state index in [2.05, 4.69) is 10.3 Å². The lowest BCUT2D eigenvalue weighted by Gasteiger charge is -2.11. The summed E-state index contributed by atoms with van der Waals surface area (Å²) in [5.74, 6) is -0.191. The van der Waals surface area contributed by atoms with Gasteiger partial charge in [0.1, 0.15) is 0 Å². The predicted octanol–water partition coefficient (Wildman–Crippen LogP) is 2.44. The topological polar surface area (TPSA) is 62.2 Å². The maximum atomic E-state index is 12.2. The molecular weight excluding hydrogens is 240 g/mol. The number of carbonyl (C=O) groups is 1. The molecule has 98 valence electrons. The van der Waals surface area contributed by atoms with Gasteiger partial charge >= 0.3 is 0 Å². The van der Waals surface area contributed by atoms with Crippen molar-refractivity contribution in [3.8, 4) is 0 Å². The zero-order valence-electron chi connectivity index (χ0n) is 11.0. The fourth-order valence-corrected chi connectivity index (χ4v) is 1.86. The van der Waals surface area contributed by atoms with E-state index in [-0.39, 0.29) is 12.5 Å². The fraction of sp³-hybridized carbons (Fsp3) is 0.200. The smallest absolute Gasteiger partial charge is 0.255 e. The molecule has 19 heavy (non-hydrogen) atoms. The molecule has 0 saturated carbocycles. The molecular formula is C15H16N2O2. The summed E-state index contributed by atoms with van der Waals surface area (Å²) in [4.78, 5) is 16.2. The maximum Gasteiger partial charge on any atom is 0.255 e. The number of benzene rings is 1. The van der Waals surface area contributed by atoms with Crippen molar-refractivity contribution in [1.29, 1.82) is 0 Å². The van der Waals surface area contributed by atoms with Crippen molar-refractivity contribution in [2.45, 2.75) is 20.5 Å². The molecule has 4 heteroatoms. The van der Waals surface area contributed by atoms with Crippen LogP contribution in [-0.2, 0) is 6.61 Å². The van der Waals surface area contributed by atoms with Gasteiger partial charge in [-0.3, -0.25) is 9.78 Å². The number of rotatable bonds is 3. The summed E-state index contributed by atoms with van der Waals surface area (Å²) in [7, 11) is 0. The summed E-state index contributed by atoms with van der Waals surface area (Å²) in [5, 5.41) is 12.0. The van der Waals surface area contributed by atoms with Crippen molar-refractivity contribution in [1.82, 2.24) is 4.98 Å². The van der Waals surface area contributed by atoms with Crippen LogP contribution in [0.2, 0.25) is 0 Å². The fourth-order valence-electron chi connectivity index (χ4n) is 1.86. The highest BCUT2D eigenvalue weighted by Gasteiger charge is 2.12. The minimum atomic E-state index is -0.191. The third kappa shape index (κ3) is 2.80. The monoisotopic (exact) mass is 256 g/mol. The predicted molar refractivity (Wildman–Crippen MR) is 74.0 cm³/mol. The number of amides is 1. The van der Waals surface area contributed by atoms with Gasteiger partial charge in [0.05, 0.1) is 18.5 Å². The van der Waals surface area contributed by atoms with Gasteiger partial charge in [-0.1, -0.05) is 12.1 Å². The SMILES string of the molecule is Cc1cccc(C(=O)Nc2cnccc2CO)c1C. The number of carbonyl (C=O) groups excluding carboxylic acids is 1. The van der Waals surface area contributed by atoms with Crippen LogP contribution in [0.1, 0.15) is 27.0 Å². The number of pyridine rings is 1. The molecule has 0 saturated heterocycles. The van der Waals surface area contributed by atoms with Gasteiger partial charge in [0, 0.05) is 17.3 Å². The number of aryl methyl sites for hydroxylation is 1. The standard InChI is InChI=1S/C15H16N2O2/c1-10-4-3-5-13(11(10)2)15(19)17-14-8-16-7-6-12(14)9-18/h3-8,18H,9H2,1-2H3,(H,17,19). The van der Waals surface area contributed by atoms with E-state index in [4.69, 9.17) is 0 Å². The zero-order chi connectivity index (χ0) is 13.8. The highest BCUT2D eigenvalue weighted by atomic mass is 16.3. The highest BCUT2D eigenvalue weighted by molar-refractivity contribution is 6.05. The molecule has 1 heterocycles. The van der Waals surface area contributed by atoms with Crippen LogP contribution in [0, 0.1) is 13.8 Å². The molecule has 0 aliphatic heterocycles. The lowest BCUT2D eigenvalue weighted by molar-refractivity contribution is 0.102. The molecule has 1 aromatic carbocycles. The summed E-state index contributed by atoms with van der Waals surface area (Å²) >= 11 is 0. The Labute approximate surface area is 112 Å². The number of anilines is 1. The second-order valence-corrected chi connectivity index (χ2v) is 4.39. The quantitative estimate of drug-likeness (QED) is 0.886. The molecule has 1 aromatic heterocycles. The first kappa shape index (κ1) is 13.2. The summed E-state index contributed by atoms with van der Waals surface area (Å²) in [5.41, 5.74) is 3.84. The van der Waals surface area contributed by atoms with Gasteiger partial charge in [-0.15, -0.1) is 0 Å². The van der Waals surface area contributed by atoms with Gasteiger partial charge in [-0.2, -0.15) is 0 Å². The minimum absolute atomic E-state index is 0.134. The first-order valence-electron chi connectivity index (χ1n) is 6.05. The normalized spacial score (nSPS) is 10.3. The first-order chi connectivity index (χ1) is 9.13. The molecule has 0 atom stereocenters. The minimum Gasteiger partial charge on any atom is -0.392 e. The average molecular weight is 256 g/mol. The van der Waals surface area contributed by atoms with Crippen LogP contribution in [0.4, 0.5) is 5.69 Å². The van der Waals surface area contributed by atoms with Crippen molar-refractivity contribution >= 4 is 11.6 Å². The van der Waals surface area contributed by atoms with E-state index >= 15 is 0 Å². The van der Waals surface area contributed by atoms with Gasteiger partial charge < -0.3 is 10.4 Å². The number of nitrogens with one attached hydrogen (secondary N) is 1. The van der Waals surface area contributed by atoms with E-state index in [1.165, 1.54) is 6.20 Å². The summed E-state index contributed by atoms with van der Waals surface area (Å²) in [6, 6.07) is 7.29. The Morgan fingerprint density at radius 3 is 2.84 bits per heavy atom. The van der Waals surface area contributed by atoms with Crippen LogP contribution in [0.15, 0.2) is 36.7 Å². The van der Waals surface area contributed by atoms with E-state index in [9.17, 15) is 9.90 Å². The van der Waals surface area contributed by atoms with Crippen LogP contribution in [0.5, 0.6) is 0 Å². The van der Waals surface area contributed by atoms with Crippen LogP contribution in [-0.4, -0.2) is 16.0 Å². The summed E-state index contributed by atoms with van der Waals surface area (Å²) in [6.07, 6.45) is 3.12. The molecule has 0 aliphatic rings. The Bertz CT molecular complexity index is 609. The van der Waals surface area contributed by atoms with Gasteiger partial charge in [0.15, 0.2) is 0 Å². The number of aromatic nitrogens is 1. The van der Waals surface area contributed by atoms with Crippen molar-refractivity contribution in [2.75, 3.05) is 5.32 Å². The van der Waals surface area contributed by atoms with Crippen molar-refractivity contribution in [3.63, 3.8) is 0 Å². The molecule has 0 unspecified atom stereocenters. The van der Waals surface area contributed by atoms with Crippen molar-refractivity contribution < 1.29 is 9.90 Å². The zero-order valence-corrected chi connectivity index (χ0v) is 11.0. The Hall–Kier alpha value is -2.20. The number of aliphatic hydroxyl groups excluding tert-OH is 1. The number of aliphatic hydroxyl groups is 1. The van der Waals surface area contributed by atoms with E-state index in [1.807, 2.05) is 26.0 Å². The van der Waals surface area contributed by atoms with E-state index < -0.39 is 0 Å². The first-order valence-corrected chi connectivity index (χ1v) is 6.05. The number of hydrogen-bond acceptors (Lipinski definition) is 3. The molecule has 0 aliphatic carbocycles. The molecule has 4 nitrogen and oxygen atoms in total. The molecule has 1 amide bonds. The molecule has 2 N–H and O–H groups in total. The van der Waals surface area contributed by atoms with E-state index in [0.29, 0.717) is 16.8 Å². The Balaban J connectivity index is 2.28. The molecule has 0 spiro atoms. The molecule has 0 bridgehead atoms. The van der Waals surface area contributed by atoms with Gasteiger partial charge in [-0.05, 0) is 37.1 Å². The van der Waals surface area contributed by atoms with Crippen LogP contribution in [0.3, 0.4) is 0 Å². The number of hydrogen-bond donors (Lipinski definition) is 2. The third-order valence-electron chi connectivity index (χ3n) is 3.18. The highest BCUT2D eigenvalue weighted by Crippen LogP contribution is 2.17. The lowest BCUT2D eigenvalue weighted by atomic mass is 10.0. The second kappa shape index (κ2) is 5.63. The Morgan fingerprint density at radius 2 is 2.11 bits per heavy atom. The largest absolute Gasteiger partial charge is 0.392 e. The Kier molecular flexibility index (Phi) is 3.92. The van der Waals surface area contributed by atoms with Crippen LogP contribution >= 0.6 is 0 Å². The molecule has 2 rings (SSSR count). The summed E-state index contributed by atoms with van der Waals surface area (Å²) < 4.78 is 0. The van der Waals surface area contributed by atoms with Gasteiger partial charge in [0.2, 0.25) is 0 Å². The van der Waals surface area contributed by atoms with Crippen LogP contribution < -0.4 is 5.32 Å². The average Bonchev–Trinajstić information content (AvgIpc) is 2.42. The molecule has 0 fully saturated rings. The van der Waals surface area contributed by atoms with Crippen molar-refractivity contribution in [3.05, 3.63) is 58.9 Å². The second-order valence-electron chi connectivity index (χ2n) is 4.39. The number of nitrogens with zero attached hydrogens (tertiary/aromatic N) is 1. The molecule has 0 radical (unpaired) electrons. The van der Waals surface area contributed by atoms with E-state index in [1.54, 1.807) is 18.3 Å². The molecule has 2 aromatic rings. The van der Waals surface area contributed by atoms with Gasteiger partial charge in [-0.25, -0.2) is 0 Å². The van der Waals surface area contributed by atoms with Crippen molar-refractivity contribution in [2.24, 2.45) is 0 Å². The van der Waals surface area contributed by atoms with E-state index in [0.717, 1.165) is 11.1 Å². The summed E-state index contributed by atoms with van der Waals surface area (Å²) in [6.45, 7) is 3.75. The van der Waals surface area contributed by atoms with Gasteiger partial charge in [0.25, 0.3) is 5.91 Å². The van der Waals surface area contributed by atoms with Crippen LogP contribution in [0.25, 0.3) is 0 Å². The third-order valence-corrected chi connectivity index (χ3v) is 3.18. The maximum absolute atomic E-state index is 12.2. The Morgan fingerprint density at radius 1 is 1.32 bits per heavy atom.